The van der Waals surface area contributed by atoms with Gasteiger partial charge in [0.15, 0.2) is 5.13 Å². The van der Waals surface area contributed by atoms with Gasteiger partial charge in [-0.1, -0.05) is 6.92 Å². The van der Waals surface area contributed by atoms with Gasteiger partial charge in [0, 0.05) is 17.3 Å². The average molecular weight is 253 g/mol. The molecule has 1 amide bonds. The van der Waals surface area contributed by atoms with Crippen LogP contribution in [0.4, 0.5) is 5.13 Å². The Balaban J connectivity index is 1.88. The summed E-state index contributed by atoms with van der Waals surface area (Å²) in [4.78, 5) is 16.0. The lowest BCUT2D eigenvalue weighted by molar-refractivity contribution is -0.117. The first kappa shape index (κ1) is 12.5. The van der Waals surface area contributed by atoms with Gasteiger partial charge in [-0.05, 0) is 32.7 Å². The van der Waals surface area contributed by atoms with Gasteiger partial charge in [-0.3, -0.25) is 4.79 Å². The molecule has 2 N–H and O–H groups in total. The summed E-state index contributed by atoms with van der Waals surface area (Å²) in [6, 6.07) is 0.248. The van der Waals surface area contributed by atoms with Crippen LogP contribution in [0.15, 0.2) is 5.38 Å². The molecule has 1 aromatic rings. The Kier molecular flexibility index (Phi) is 4.12. The number of thiazole rings is 1. The van der Waals surface area contributed by atoms with E-state index in [0.29, 0.717) is 0 Å². The summed E-state index contributed by atoms with van der Waals surface area (Å²) in [5.41, 5.74) is 1.01. The normalized spacial score (nSPS) is 16.8. The van der Waals surface area contributed by atoms with E-state index in [1.165, 1.54) is 11.3 Å². The van der Waals surface area contributed by atoms with Crippen LogP contribution in [-0.2, 0) is 4.79 Å². The Morgan fingerprint density at radius 2 is 2.41 bits per heavy atom. The summed E-state index contributed by atoms with van der Waals surface area (Å²) < 4.78 is 0. The van der Waals surface area contributed by atoms with Crippen molar-refractivity contribution in [3.63, 3.8) is 0 Å². The van der Waals surface area contributed by atoms with Gasteiger partial charge < -0.3 is 10.6 Å². The molecule has 17 heavy (non-hydrogen) atoms. The molecule has 1 fully saturated rings. The van der Waals surface area contributed by atoms with E-state index >= 15 is 0 Å². The number of carbonyl (C=O) groups excluding carboxylic acids is 1. The predicted molar refractivity (Wildman–Crippen MR) is 70.2 cm³/mol. The number of nitrogens with zero attached hydrogens (tertiary/aromatic N) is 1. The minimum atomic E-state index is 0.125. The Labute approximate surface area is 106 Å². The van der Waals surface area contributed by atoms with Crippen LogP contribution in [0.1, 0.15) is 44.8 Å². The Morgan fingerprint density at radius 1 is 1.65 bits per heavy atom. The first-order valence-corrected chi connectivity index (χ1v) is 7.08. The van der Waals surface area contributed by atoms with Crippen LogP contribution in [0.5, 0.6) is 0 Å². The Bertz CT molecular complexity index is 387. The maximum Gasteiger partial charge on any atom is 0.229 e. The molecule has 1 aromatic heterocycles. The zero-order valence-corrected chi connectivity index (χ0v) is 11.1. The molecule has 5 heteroatoms. The van der Waals surface area contributed by atoms with E-state index in [1.807, 2.05) is 5.38 Å². The minimum Gasteiger partial charge on any atom is -0.309 e. The highest BCUT2D eigenvalue weighted by molar-refractivity contribution is 7.13. The van der Waals surface area contributed by atoms with Crippen molar-refractivity contribution >= 4 is 22.4 Å². The maximum absolute atomic E-state index is 11.6. The van der Waals surface area contributed by atoms with E-state index in [4.69, 9.17) is 0 Å². The van der Waals surface area contributed by atoms with Gasteiger partial charge in [0.2, 0.25) is 5.91 Å². The summed E-state index contributed by atoms with van der Waals surface area (Å²) in [5, 5.41) is 8.99. The molecule has 1 aliphatic rings. The number of amides is 1. The summed E-state index contributed by atoms with van der Waals surface area (Å²) in [6.07, 6.45) is 3.16. The fourth-order valence-corrected chi connectivity index (χ4v) is 2.37. The number of hydrogen-bond acceptors (Lipinski definition) is 4. The Morgan fingerprint density at radius 3 is 3.06 bits per heavy atom. The highest BCUT2D eigenvalue weighted by atomic mass is 32.1. The quantitative estimate of drug-likeness (QED) is 0.819. The summed E-state index contributed by atoms with van der Waals surface area (Å²) in [7, 11) is 0. The molecule has 1 unspecified atom stereocenters. The highest BCUT2D eigenvalue weighted by Gasteiger charge is 2.30. The van der Waals surface area contributed by atoms with Crippen LogP contribution in [0.25, 0.3) is 0 Å². The number of nitrogens with one attached hydrogen (secondary N) is 2. The van der Waals surface area contributed by atoms with E-state index in [1.54, 1.807) is 0 Å². The van der Waals surface area contributed by atoms with Crippen molar-refractivity contribution in [2.75, 3.05) is 11.9 Å². The van der Waals surface area contributed by atoms with E-state index in [-0.39, 0.29) is 17.9 Å². The van der Waals surface area contributed by atoms with E-state index < -0.39 is 0 Å². The van der Waals surface area contributed by atoms with Crippen LogP contribution >= 0.6 is 11.3 Å². The third-order valence-electron chi connectivity index (χ3n) is 2.84. The first-order valence-electron chi connectivity index (χ1n) is 6.20. The fraction of sp³-hybridized carbons (Fsp3) is 0.667. The van der Waals surface area contributed by atoms with Crippen molar-refractivity contribution in [3.05, 3.63) is 11.1 Å². The third kappa shape index (κ3) is 3.51. The van der Waals surface area contributed by atoms with Gasteiger partial charge in [0.1, 0.15) is 0 Å². The number of anilines is 1. The molecule has 0 spiro atoms. The van der Waals surface area contributed by atoms with Crippen molar-refractivity contribution < 1.29 is 4.79 Å². The van der Waals surface area contributed by atoms with Gasteiger partial charge in [-0.2, -0.15) is 0 Å². The van der Waals surface area contributed by atoms with Crippen molar-refractivity contribution in [1.29, 1.82) is 0 Å². The smallest absolute Gasteiger partial charge is 0.229 e. The second-order valence-corrected chi connectivity index (χ2v) is 5.37. The molecule has 0 aromatic carbocycles. The van der Waals surface area contributed by atoms with Crippen molar-refractivity contribution in [2.45, 2.75) is 39.2 Å². The zero-order valence-electron chi connectivity index (χ0n) is 10.3. The van der Waals surface area contributed by atoms with E-state index in [9.17, 15) is 4.79 Å². The molecule has 1 saturated carbocycles. The molecule has 0 radical (unpaired) electrons. The lowest BCUT2D eigenvalue weighted by Gasteiger charge is -2.09. The maximum atomic E-state index is 11.6. The predicted octanol–water partition coefficient (Wildman–Crippen LogP) is 2.55. The lowest BCUT2D eigenvalue weighted by Crippen LogP contribution is -2.19. The van der Waals surface area contributed by atoms with Crippen LogP contribution in [0.2, 0.25) is 0 Å². The summed E-state index contributed by atoms with van der Waals surface area (Å²) in [6.45, 7) is 5.22. The molecule has 2 rings (SSSR count). The third-order valence-corrected chi connectivity index (χ3v) is 3.62. The molecule has 0 aliphatic heterocycles. The topological polar surface area (TPSA) is 54.0 Å². The average Bonchev–Trinajstić information content (AvgIpc) is 3.07. The molecule has 0 saturated heterocycles. The number of carbonyl (C=O) groups is 1. The number of aromatic nitrogens is 1. The van der Waals surface area contributed by atoms with Gasteiger partial charge >= 0.3 is 0 Å². The van der Waals surface area contributed by atoms with Gasteiger partial charge in [-0.15, -0.1) is 11.3 Å². The van der Waals surface area contributed by atoms with Crippen molar-refractivity contribution in [1.82, 2.24) is 10.3 Å². The van der Waals surface area contributed by atoms with Crippen LogP contribution < -0.4 is 10.6 Å². The van der Waals surface area contributed by atoms with Gasteiger partial charge in [-0.25, -0.2) is 4.98 Å². The monoisotopic (exact) mass is 253 g/mol. The molecular weight excluding hydrogens is 234 g/mol. The highest BCUT2D eigenvalue weighted by Crippen LogP contribution is 2.31. The van der Waals surface area contributed by atoms with Crippen molar-refractivity contribution in [2.24, 2.45) is 5.92 Å². The fourth-order valence-electron chi connectivity index (χ4n) is 1.56. The molecule has 1 aliphatic carbocycles. The van der Waals surface area contributed by atoms with Crippen LogP contribution in [0.3, 0.4) is 0 Å². The molecule has 94 valence electrons. The van der Waals surface area contributed by atoms with E-state index in [0.717, 1.165) is 36.6 Å². The SMILES string of the molecule is CCCNC(C)c1csc(NC(=O)C2CC2)n1. The molecular formula is C12H19N3OS. The summed E-state index contributed by atoms with van der Waals surface area (Å²) in [5.74, 6) is 0.359. The second-order valence-electron chi connectivity index (χ2n) is 4.52. The molecule has 0 bridgehead atoms. The van der Waals surface area contributed by atoms with Crippen LogP contribution in [0, 0.1) is 5.92 Å². The lowest BCUT2D eigenvalue weighted by atomic mass is 10.2. The van der Waals surface area contributed by atoms with E-state index in [2.05, 4.69) is 29.5 Å². The second kappa shape index (κ2) is 5.60. The van der Waals surface area contributed by atoms with Crippen molar-refractivity contribution in [3.8, 4) is 0 Å². The Hall–Kier alpha value is -0.940. The number of hydrogen-bond donors (Lipinski definition) is 2. The molecule has 4 nitrogen and oxygen atoms in total. The molecule has 1 heterocycles. The standard InChI is InChI=1S/C12H19N3OS/c1-3-6-13-8(2)10-7-17-12(14-10)15-11(16)9-4-5-9/h7-9,13H,3-6H2,1-2H3,(H,14,15,16). The number of rotatable bonds is 6. The van der Waals surface area contributed by atoms with Gasteiger partial charge in [0.25, 0.3) is 0 Å². The minimum absolute atomic E-state index is 0.125. The summed E-state index contributed by atoms with van der Waals surface area (Å²) >= 11 is 1.50. The largest absolute Gasteiger partial charge is 0.309 e. The van der Waals surface area contributed by atoms with Crippen LogP contribution in [-0.4, -0.2) is 17.4 Å². The first-order chi connectivity index (χ1) is 8.20. The zero-order chi connectivity index (χ0) is 12.3. The van der Waals surface area contributed by atoms with Gasteiger partial charge in [0.05, 0.1) is 5.69 Å². The molecule has 1 atom stereocenters.